The van der Waals surface area contributed by atoms with E-state index in [2.05, 4.69) is 40.6 Å². The smallest absolute Gasteiger partial charge is 0.0650 e. The van der Waals surface area contributed by atoms with Crippen LogP contribution < -0.4 is 5.32 Å². The first-order valence-corrected chi connectivity index (χ1v) is 7.22. The summed E-state index contributed by atoms with van der Waals surface area (Å²) in [6.07, 6.45) is 1.76. The second-order valence-electron chi connectivity index (χ2n) is 4.97. The fraction of sp³-hybridized carbons (Fsp3) is 0.118. The normalized spacial score (nSPS) is 12.1. The summed E-state index contributed by atoms with van der Waals surface area (Å²) in [5.41, 5.74) is 4.40. The molecule has 0 saturated heterocycles. The molecule has 3 nitrogen and oxygen atoms in total. The van der Waals surface area contributed by atoms with Gasteiger partial charge in [0.1, 0.15) is 0 Å². The van der Waals surface area contributed by atoms with E-state index in [1.807, 2.05) is 36.4 Å². The summed E-state index contributed by atoms with van der Waals surface area (Å²) < 4.78 is 0. The van der Waals surface area contributed by atoms with Gasteiger partial charge in [0.05, 0.1) is 5.69 Å². The maximum Gasteiger partial charge on any atom is 0.0650 e. The Kier molecular flexibility index (Phi) is 3.93. The summed E-state index contributed by atoms with van der Waals surface area (Å²) in [6, 6.07) is 18.3. The number of hydrogen-bond acceptors (Lipinski definition) is 2. The highest BCUT2D eigenvalue weighted by Gasteiger charge is 2.06. The van der Waals surface area contributed by atoms with E-state index in [1.165, 1.54) is 5.56 Å². The number of aromatic amines is 1. The Labute approximate surface area is 129 Å². The number of rotatable bonds is 4. The zero-order valence-electron chi connectivity index (χ0n) is 11.7. The van der Waals surface area contributed by atoms with E-state index < -0.39 is 0 Å². The van der Waals surface area contributed by atoms with Gasteiger partial charge in [0.15, 0.2) is 0 Å². The topological polar surface area (TPSA) is 40.7 Å². The van der Waals surface area contributed by atoms with Gasteiger partial charge < -0.3 is 5.32 Å². The lowest BCUT2D eigenvalue weighted by Gasteiger charge is -2.16. The largest absolute Gasteiger partial charge is 0.379 e. The van der Waals surface area contributed by atoms with Crippen molar-refractivity contribution in [2.75, 3.05) is 5.32 Å². The second kappa shape index (κ2) is 6.02. The Balaban J connectivity index is 1.78. The van der Waals surface area contributed by atoms with Gasteiger partial charge in [0.25, 0.3) is 0 Å². The molecular formula is C17H16ClN3. The predicted octanol–water partition coefficient (Wildman–Crippen LogP) is 4.90. The van der Waals surface area contributed by atoms with Gasteiger partial charge in [0.2, 0.25) is 0 Å². The van der Waals surface area contributed by atoms with Crippen LogP contribution in [0.1, 0.15) is 18.5 Å². The van der Waals surface area contributed by atoms with Crippen LogP contribution in [0.15, 0.2) is 60.8 Å². The molecule has 0 spiro atoms. The van der Waals surface area contributed by atoms with Gasteiger partial charge in [-0.25, -0.2) is 0 Å². The van der Waals surface area contributed by atoms with Crippen molar-refractivity contribution in [1.29, 1.82) is 0 Å². The number of anilines is 1. The lowest BCUT2D eigenvalue weighted by atomic mass is 10.1. The highest BCUT2D eigenvalue weighted by Crippen LogP contribution is 2.24. The number of nitrogens with zero attached hydrogens (tertiary/aromatic N) is 1. The summed E-state index contributed by atoms with van der Waals surface area (Å²) >= 11 is 5.92. The number of aromatic nitrogens is 2. The van der Waals surface area contributed by atoms with E-state index in [0.717, 1.165) is 22.0 Å². The maximum absolute atomic E-state index is 5.92. The van der Waals surface area contributed by atoms with Crippen LogP contribution in [0.3, 0.4) is 0 Å². The molecule has 1 atom stereocenters. The first kappa shape index (κ1) is 13.7. The van der Waals surface area contributed by atoms with E-state index in [0.29, 0.717) is 0 Å². The van der Waals surface area contributed by atoms with Crippen molar-refractivity contribution in [2.24, 2.45) is 0 Å². The van der Waals surface area contributed by atoms with Gasteiger partial charge in [-0.2, -0.15) is 5.10 Å². The predicted molar refractivity (Wildman–Crippen MR) is 87.5 cm³/mol. The number of hydrogen-bond donors (Lipinski definition) is 2. The highest BCUT2D eigenvalue weighted by atomic mass is 35.5. The van der Waals surface area contributed by atoms with Crippen LogP contribution in [-0.4, -0.2) is 10.2 Å². The Bertz CT molecular complexity index is 705. The van der Waals surface area contributed by atoms with Crippen LogP contribution >= 0.6 is 11.6 Å². The van der Waals surface area contributed by atoms with Gasteiger partial charge in [-0.1, -0.05) is 35.9 Å². The van der Waals surface area contributed by atoms with Crippen LogP contribution in [-0.2, 0) is 0 Å². The van der Waals surface area contributed by atoms with Gasteiger partial charge in [-0.15, -0.1) is 0 Å². The molecule has 1 unspecified atom stereocenters. The summed E-state index contributed by atoms with van der Waals surface area (Å²) in [5.74, 6) is 0. The van der Waals surface area contributed by atoms with Gasteiger partial charge in [0, 0.05) is 28.5 Å². The summed E-state index contributed by atoms with van der Waals surface area (Å²) in [4.78, 5) is 0. The third-order valence-electron chi connectivity index (χ3n) is 3.43. The van der Waals surface area contributed by atoms with Crippen LogP contribution in [0, 0.1) is 0 Å². The van der Waals surface area contributed by atoms with Crippen molar-refractivity contribution in [3.63, 3.8) is 0 Å². The molecule has 3 rings (SSSR count). The minimum atomic E-state index is 0.208. The Morgan fingerprint density at radius 1 is 1.10 bits per heavy atom. The lowest BCUT2D eigenvalue weighted by molar-refractivity contribution is 0.885. The summed E-state index contributed by atoms with van der Waals surface area (Å²) in [7, 11) is 0. The molecule has 106 valence electrons. The molecule has 0 bridgehead atoms. The molecule has 1 aromatic heterocycles. The molecule has 0 aliphatic rings. The number of H-pyrrole nitrogens is 1. The highest BCUT2D eigenvalue weighted by molar-refractivity contribution is 6.30. The molecule has 2 aromatic carbocycles. The second-order valence-corrected chi connectivity index (χ2v) is 5.41. The molecule has 0 fully saturated rings. The monoisotopic (exact) mass is 297 g/mol. The van der Waals surface area contributed by atoms with Crippen LogP contribution in [0.25, 0.3) is 11.3 Å². The molecule has 0 amide bonds. The van der Waals surface area contributed by atoms with E-state index >= 15 is 0 Å². The van der Waals surface area contributed by atoms with Crippen molar-refractivity contribution >= 4 is 17.3 Å². The maximum atomic E-state index is 5.92. The van der Waals surface area contributed by atoms with Crippen molar-refractivity contribution in [2.45, 2.75) is 13.0 Å². The Morgan fingerprint density at radius 3 is 2.62 bits per heavy atom. The van der Waals surface area contributed by atoms with Gasteiger partial charge in [-0.05, 0) is 42.8 Å². The number of nitrogens with one attached hydrogen (secondary N) is 2. The average Bonchev–Trinajstić information content (AvgIpc) is 3.02. The Hall–Kier alpha value is -2.26. The quantitative estimate of drug-likeness (QED) is 0.719. The zero-order valence-corrected chi connectivity index (χ0v) is 12.4. The standard InChI is InChI=1S/C17H16ClN3/c1-12(13-5-7-15(18)8-6-13)20-16-4-2-3-14(11-16)17-9-10-19-21-17/h2-12,20H,1H3,(H,19,21). The van der Waals surface area contributed by atoms with E-state index in [1.54, 1.807) is 6.20 Å². The minimum Gasteiger partial charge on any atom is -0.379 e. The SMILES string of the molecule is CC(Nc1cccc(-c2ccn[nH]2)c1)c1ccc(Cl)cc1. The number of benzene rings is 2. The van der Waals surface area contributed by atoms with Crippen LogP contribution in [0.2, 0.25) is 5.02 Å². The minimum absolute atomic E-state index is 0.208. The molecule has 2 N–H and O–H groups in total. The lowest BCUT2D eigenvalue weighted by Crippen LogP contribution is -2.06. The molecule has 4 heteroatoms. The van der Waals surface area contributed by atoms with Crippen molar-refractivity contribution < 1.29 is 0 Å². The molecule has 1 heterocycles. The van der Waals surface area contributed by atoms with E-state index in [4.69, 9.17) is 11.6 Å². The van der Waals surface area contributed by atoms with Crippen LogP contribution in [0.4, 0.5) is 5.69 Å². The van der Waals surface area contributed by atoms with Crippen molar-refractivity contribution in [1.82, 2.24) is 10.2 Å². The Morgan fingerprint density at radius 2 is 1.90 bits per heavy atom. The zero-order chi connectivity index (χ0) is 14.7. The fourth-order valence-electron chi connectivity index (χ4n) is 2.28. The van der Waals surface area contributed by atoms with Crippen molar-refractivity contribution in [3.05, 3.63) is 71.4 Å². The molecule has 0 radical (unpaired) electrons. The first-order valence-electron chi connectivity index (χ1n) is 6.84. The van der Waals surface area contributed by atoms with Gasteiger partial charge >= 0.3 is 0 Å². The average molecular weight is 298 g/mol. The molecule has 0 aliphatic carbocycles. The summed E-state index contributed by atoms with van der Waals surface area (Å²) in [5, 5.41) is 11.2. The first-order chi connectivity index (χ1) is 10.2. The summed E-state index contributed by atoms with van der Waals surface area (Å²) in [6.45, 7) is 2.13. The third-order valence-corrected chi connectivity index (χ3v) is 3.68. The number of halogens is 1. The molecule has 0 aliphatic heterocycles. The van der Waals surface area contributed by atoms with Crippen LogP contribution in [0.5, 0.6) is 0 Å². The van der Waals surface area contributed by atoms with E-state index in [-0.39, 0.29) is 6.04 Å². The molecule has 21 heavy (non-hydrogen) atoms. The molecular weight excluding hydrogens is 282 g/mol. The molecule has 0 saturated carbocycles. The van der Waals surface area contributed by atoms with Crippen molar-refractivity contribution in [3.8, 4) is 11.3 Å². The molecule has 3 aromatic rings. The van der Waals surface area contributed by atoms with E-state index in [9.17, 15) is 0 Å². The fourth-order valence-corrected chi connectivity index (χ4v) is 2.40. The van der Waals surface area contributed by atoms with Gasteiger partial charge in [-0.3, -0.25) is 5.10 Å². The third kappa shape index (κ3) is 3.26.